The second-order valence-electron chi connectivity index (χ2n) is 5.42. The molecule has 1 fully saturated rings. The largest absolute Gasteiger partial charge is 0.493 e. The van der Waals surface area contributed by atoms with E-state index < -0.39 is 0 Å². The average Bonchev–Trinajstić information content (AvgIpc) is 3.32. The van der Waals surface area contributed by atoms with Crippen molar-refractivity contribution in [3.63, 3.8) is 0 Å². The predicted molar refractivity (Wildman–Crippen MR) is 81.6 cm³/mol. The molecule has 108 valence electrons. The summed E-state index contributed by atoms with van der Waals surface area (Å²) in [6, 6.07) is 9.05. The molecule has 1 aliphatic rings. The molecule has 0 unspecified atom stereocenters. The predicted octanol–water partition coefficient (Wildman–Crippen LogP) is 3.43. The molecule has 1 N–H and O–H groups in total. The molecule has 2 aromatic rings. The third kappa shape index (κ3) is 3.60. The summed E-state index contributed by atoms with van der Waals surface area (Å²) >= 11 is 0. The van der Waals surface area contributed by atoms with E-state index in [0.29, 0.717) is 5.56 Å². The van der Waals surface area contributed by atoms with Crippen LogP contribution >= 0.6 is 0 Å². The van der Waals surface area contributed by atoms with Crippen molar-refractivity contribution in [1.82, 2.24) is 4.98 Å². The van der Waals surface area contributed by atoms with Crippen LogP contribution in [-0.4, -0.2) is 17.5 Å². The molecular formula is C17H18N2O2. The highest BCUT2D eigenvalue weighted by molar-refractivity contribution is 6.04. The minimum Gasteiger partial charge on any atom is -0.493 e. The van der Waals surface area contributed by atoms with Gasteiger partial charge >= 0.3 is 0 Å². The van der Waals surface area contributed by atoms with E-state index in [1.807, 2.05) is 19.1 Å². The van der Waals surface area contributed by atoms with Crippen molar-refractivity contribution in [2.75, 3.05) is 11.9 Å². The lowest BCUT2D eigenvalue weighted by Crippen LogP contribution is -2.12. The molecular weight excluding hydrogens is 264 g/mol. The number of benzene rings is 1. The van der Waals surface area contributed by atoms with E-state index in [1.54, 1.807) is 30.6 Å². The first-order valence-corrected chi connectivity index (χ1v) is 7.17. The van der Waals surface area contributed by atoms with Crippen LogP contribution in [0.5, 0.6) is 5.75 Å². The van der Waals surface area contributed by atoms with E-state index in [-0.39, 0.29) is 5.91 Å². The monoisotopic (exact) mass is 282 g/mol. The third-order valence-electron chi connectivity index (χ3n) is 3.57. The van der Waals surface area contributed by atoms with E-state index >= 15 is 0 Å². The Morgan fingerprint density at radius 2 is 2.05 bits per heavy atom. The van der Waals surface area contributed by atoms with Gasteiger partial charge in [0, 0.05) is 23.6 Å². The highest BCUT2D eigenvalue weighted by Gasteiger charge is 2.21. The van der Waals surface area contributed by atoms with Gasteiger partial charge in [-0.25, -0.2) is 0 Å². The maximum Gasteiger partial charge on any atom is 0.255 e. The van der Waals surface area contributed by atoms with Crippen molar-refractivity contribution in [1.29, 1.82) is 0 Å². The molecule has 1 aromatic heterocycles. The van der Waals surface area contributed by atoms with E-state index in [9.17, 15) is 4.79 Å². The van der Waals surface area contributed by atoms with Gasteiger partial charge < -0.3 is 10.1 Å². The van der Waals surface area contributed by atoms with Crippen LogP contribution < -0.4 is 10.1 Å². The van der Waals surface area contributed by atoms with Crippen molar-refractivity contribution >= 4 is 11.6 Å². The van der Waals surface area contributed by atoms with Gasteiger partial charge in [-0.2, -0.15) is 0 Å². The zero-order valence-electron chi connectivity index (χ0n) is 12.0. The lowest BCUT2D eigenvalue weighted by Gasteiger charge is -2.09. The minimum atomic E-state index is -0.127. The summed E-state index contributed by atoms with van der Waals surface area (Å²) < 4.78 is 5.66. The van der Waals surface area contributed by atoms with Gasteiger partial charge in [0.15, 0.2) is 0 Å². The first-order valence-electron chi connectivity index (χ1n) is 7.17. The van der Waals surface area contributed by atoms with Gasteiger partial charge in [-0.15, -0.1) is 0 Å². The van der Waals surface area contributed by atoms with Gasteiger partial charge in [0.05, 0.1) is 6.61 Å². The van der Waals surface area contributed by atoms with Crippen molar-refractivity contribution < 1.29 is 9.53 Å². The first kappa shape index (κ1) is 13.6. The van der Waals surface area contributed by atoms with Crippen molar-refractivity contribution in [3.05, 3.63) is 53.9 Å². The number of rotatable bonds is 5. The Kier molecular flexibility index (Phi) is 3.86. The van der Waals surface area contributed by atoms with Crippen molar-refractivity contribution in [3.8, 4) is 5.75 Å². The summed E-state index contributed by atoms with van der Waals surface area (Å²) in [4.78, 5) is 16.2. The van der Waals surface area contributed by atoms with Gasteiger partial charge in [-0.3, -0.25) is 9.78 Å². The van der Waals surface area contributed by atoms with E-state index in [1.165, 1.54) is 12.8 Å². The summed E-state index contributed by atoms with van der Waals surface area (Å²) in [5, 5.41) is 2.89. The van der Waals surface area contributed by atoms with Crippen molar-refractivity contribution in [2.24, 2.45) is 5.92 Å². The Morgan fingerprint density at radius 3 is 2.71 bits per heavy atom. The van der Waals surface area contributed by atoms with Crippen LogP contribution in [-0.2, 0) is 0 Å². The number of carbonyl (C=O) groups excluding carboxylic acids is 1. The molecule has 0 saturated heterocycles. The molecule has 1 aromatic carbocycles. The number of ether oxygens (including phenoxy) is 1. The molecule has 0 spiro atoms. The number of nitrogens with zero attached hydrogens (tertiary/aromatic N) is 1. The minimum absolute atomic E-state index is 0.127. The Bertz CT molecular complexity index is 633. The number of hydrogen-bond donors (Lipinski definition) is 1. The molecule has 3 rings (SSSR count). The number of nitrogens with one attached hydrogen (secondary N) is 1. The van der Waals surface area contributed by atoms with Crippen LogP contribution in [0.2, 0.25) is 0 Å². The Hall–Kier alpha value is -2.36. The fourth-order valence-electron chi connectivity index (χ4n) is 2.01. The van der Waals surface area contributed by atoms with E-state index in [2.05, 4.69) is 10.3 Å². The zero-order valence-corrected chi connectivity index (χ0v) is 12.0. The molecule has 0 radical (unpaired) electrons. The highest BCUT2D eigenvalue weighted by Crippen LogP contribution is 2.29. The number of aromatic nitrogens is 1. The lowest BCUT2D eigenvalue weighted by atomic mass is 10.2. The number of aryl methyl sites for hydroxylation is 1. The topological polar surface area (TPSA) is 51.2 Å². The van der Waals surface area contributed by atoms with E-state index in [0.717, 1.165) is 29.5 Å². The van der Waals surface area contributed by atoms with Crippen LogP contribution in [0.15, 0.2) is 42.7 Å². The third-order valence-corrected chi connectivity index (χ3v) is 3.57. The summed E-state index contributed by atoms with van der Waals surface area (Å²) in [5.74, 6) is 1.42. The smallest absolute Gasteiger partial charge is 0.255 e. The van der Waals surface area contributed by atoms with Crippen molar-refractivity contribution in [2.45, 2.75) is 19.8 Å². The fourth-order valence-corrected chi connectivity index (χ4v) is 2.01. The Labute approximate surface area is 124 Å². The molecule has 21 heavy (non-hydrogen) atoms. The van der Waals surface area contributed by atoms with Gasteiger partial charge in [-0.05, 0) is 61.6 Å². The summed E-state index contributed by atoms with van der Waals surface area (Å²) in [5.41, 5.74) is 2.34. The molecule has 1 heterocycles. The highest BCUT2D eigenvalue weighted by atomic mass is 16.5. The SMILES string of the molecule is Cc1cnccc1NC(=O)c1ccc(OCC2CC2)cc1. The van der Waals surface area contributed by atoms with Gasteiger partial charge in [0.2, 0.25) is 0 Å². The molecule has 4 heteroatoms. The second kappa shape index (κ2) is 5.95. The van der Waals surface area contributed by atoms with E-state index in [4.69, 9.17) is 4.74 Å². The number of amides is 1. The summed E-state index contributed by atoms with van der Waals surface area (Å²) in [7, 11) is 0. The van der Waals surface area contributed by atoms with Crippen LogP contribution in [0.3, 0.4) is 0 Å². The van der Waals surface area contributed by atoms with Gasteiger partial charge in [-0.1, -0.05) is 0 Å². The molecule has 1 amide bonds. The Balaban J connectivity index is 1.62. The lowest BCUT2D eigenvalue weighted by molar-refractivity contribution is 0.102. The maximum absolute atomic E-state index is 12.2. The Morgan fingerprint density at radius 1 is 1.29 bits per heavy atom. The average molecular weight is 282 g/mol. The summed E-state index contributed by atoms with van der Waals surface area (Å²) in [6.45, 7) is 2.69. The normalized spacial score (nSPS) is 13.8. The molecule has 4 nitrogen and oxygen atoms in total. The standard InChI is InChI=1S/C17H18N2O2/c1-12-10-18-9-8-16(12)19-17(20)14-4-6-15(7-5-14)21-11-13-2-3-13/h4-10,13H,2-3,11H2,1H3,(H,18,19,20). The van der Waals surface area contributed by atoms with Crippen LogP contribution in [0.1, 0.15) is 28.8 Å². The first-order chi connectivity index (χ1) is 10.2. The molecule has 1 saturated carbocycles. The second-order valence-corrected chi connectivity index (χ2v) is 5.42. The quantitative estimate of drug-likeness (QED) is 0.914. The van der Waals surface area contributed by atoms with Crippen LogP contribution in [0.25, 0.3) is 0 Å². The van der Waals surface area contributed by atoms with Gasteiger partial charge in [0.25, 0.3) is 5.91 Å². The molecule has 1 aliphatic carbocycles. The molecule has 0 bridgehead atoms. The number of hydrogen-bond acceptors (Lipinski definition) is 3. The maximum atomic E-state index is 12.2. The van der Waals surface area contributed by atoms with Gasteiger partial charge in [0.1, 0.15) is 5.75 Å². The molecule has 0 atom stereocenters. The number of anilines is 1. The molecule has 0 aliphatic heterocycles. The van der Waals surface area contributed by atoms with Crippen LogP contribution in [0, 0.1) is 12.8 Å². The summed E-state index contributed by atoms with van der Waals surface area (Å²) in [6.07, 6.45) is 5.93. The van der Waals surface area contributed by atoms with Crippen LogP contribution in [0.4, 0.5) is 5.69 Å². The number of pyridine rings is 1. The zero-order chi connectivity index (χ0) is 14.7. The fraction of sp³-hybridized carbons (Fsp3) is 0.294. The number of carbonyl (C=O) groups is 1.